The minimum atomic E-state index is -0.00565. The molecule has 5 nitrogen and oxygen atoms in total. The lowest BCUT2D eigenvalue weighted by Gasteiger charge is -2.20. The average molecular weight is 233 g/mol. The molecule has 1 aromatic heterocycles. The molecule has 0 unspecified atom stereocenters. The molecule has 0 spiro atoms. The lowest BCUT2D eigenvalue weighted by atomic mass is 10.2. The van der Waals surface area contributed by atoms with Crippen LogP contribution in [-0.2, 0) is 4.74 Å². The largest absolute Gasteiger partial charge is 0.486 e. The number of anilines is 1. The van der Waals surface area contributed by atoms with Gasteiger partial charge in [0.15, 0.2) is 0 Å². The van der Waals surface area contributed by atoms with Gasteiger partial charge in [0.1, 0.15) is 29.3 Å². The van der Waals surface area contributed by atoms with Crippen LogP contribution < -0.4 is 10.5 Å². The summed E-state index contributed by atoms with van der Waals surface area (Å²) in [5.74, 6) is 0.847. The molecule has 0 radical (unpaired) electrons. The number of rotatable bonds is 3. The molecule has 2 atom stereocenters. The van der Waals surface area contributed by atoms with Crippen molar-refractivity contribution in [3.05, 3.63) is 17.8 Å². The van der Waals surface area contributed by atoms with Gasteiger partial charge in [0.25, 0.3) is 0 Å². The number of hydrogen-bond donors (Lipinski definition) is 1. The second kappa shape index (κ2) is 5.02. The molecule has 0 aliphatic heterocycles. The van der Waals surface area contributed by atoms with Crippen molar-refractivity contribution >= 4 is 5.82 Å². The Hall–Kier alpha value is -1.80. The van der Waals surface area contributed by atoms with Gasteiger partial charge in [-0.3, -0.25) is 0 Å². The smallest absolute Gasteiger partial charge is 0.142 e. The van der Waals surface area contributed by atoms with Gasteiger partial charge in [-0.25, -0.2) is 4.98 Å². The number of nitrogens with two attached hydrogens (primary N) is 1. The lowest BCUT2D eigenvalue weighted by molar-refractivity contribution is 0.0227. The van der Waals surface area contributed by atoms with Crippen LogP contribution in [0.4, 0.5) is 5.82 Å². The van der Waals surface area contributed by atoms with Gasteiger partial charge in [0, 0.05) is 13.2 Å². The highest BCUT2D eigenvalue weighted by Gasteiger charge is 2.29. The third kappa shape index (κ3) is 2.48. The molecule has 90 valence electrons. The summed E-state index contributed by atoms with van der Waals surface area (Å²) in [6, 6.07) is 3.63. The number of pyridine rings is 1. The Morgan fingerprint density at radius 3 is 2.94 bits per heavy atom. The molecule has 2 rings (SSSR count). The third-order valence-corrected chi connectivity index (χ3v) is 2.98. The molecule has 1 aromatic rings. The van der Waals surface area contributed by atoms with Crippen LogP contribution in [0, 0.1) is 11.3 Å². The zero-order valence-electron chi connectivity index (χ0n) is 9.72. The van der Waals surface area contributed by atoms with E-state index < -0.39 is 0 Å². The van der Waals surface area contributed by atoms with E-state index in [1.54, 1.807) is 13.2 Å². The van der Waals surface area contributed by atoms with Crippen molar-refractivity contribution in [2.45, 2.75) is 31.5 Å². The second-order valence-electron chi connectivity index (χ2n) is 4.08. The Bertz CT molecular complexity index is 442. The normalized spacial score (nSPS) is 23.3. The van der Waals surface area contributed by atoms with Crippen LogP contribution in [0.1, 0.15) is 24.8 Å². The maximum Gasteiger partial charge on any atom is 0.142 e. The van der Waals surface area contributed by atoms with Gasteiger partial charge in [-0.2, -0.15) is 5.26 Å². The first-order valence-corrected chi connectivity index (χ1v) is 5.59. The number of nitrogen functional groups attached to an aromatic ring is 1. The first-order valence-electron chi connectivity index (χ1n) is 5.59. The average Bonchev–Trinajstić information content (AvgIpc) is 2.77. The Morgan fingerprint density at radius 1 is 1.47 bits per heavy atom. The van der Waals surface area contributed by atoms with Gasteiger partial charge < -0.3 is 15.2 Å². The quantitative estimate of drug-likeness (QED) is 0.855. The fraction of sp³-hybridized carbons (Fsp3) is 0.500. The number of nitrogens with zero attached hydrogens (tertiary/aromatic N) is 2. The summed E-state index contributed by atoms with van der Waals surface area (Å²) in [5, 5.41) is 8.96. The second-order valence-corrected chi connectivity index (χ2v) is 4.08. The number of methoxy groups -OCH3 is 1. The van der Waals surface area contributed by atoms with E-state index >= 15 is 0 Å². The summed E-state index contributed by atoms with van der Waals surface area (Å²) in [7, 11) is 1.68. The zero-order chi connectivity index (χ0) is 12.3. The fourth-order valence-corrected chi connectivity index (χ4v) is 2.09. The van der Waals surface area contributed by atoms with Crippen molar-refractivity contribution in [3.63, 3.8) is 0 Å². The van der Waals surface area contributed by atoms with Gasteiger partial charge >= 0.3 is 0 Å². The van der Waals surface area contributed by atoms with Crippen LogP contribution in [0.2, 0.25) is 0 Å². The van der Waals surface area contributed by atoms with E-state index in [9.17, 15) is 0 Å². The molecule has 0 amide bonds. The molecule has 1 aliphatic carbocycles. The SMILES string of the molecule is CO[C@H]1CCC[C@@H]1Oc1cc(N)ncc1C#N. The molecular formula is C12H15N3O2. The topological polar surface area (TPSA) is 81.2 Å². The van der Waals surface area contributed by atoms with Crippen molar-refractivity contribution in [1.82, 2.24) is 4.98 Å². The molecular weight excluding hydrogens is 218 g/mol. The predicted molar refractivity (Wildman–Crippen MR) is 62.4 cm³/mol. The van der Waals surface area contributed by atoms with Crippen LogP contribution in [0.3, 0.4) is 0 Å². The molecule has 5 heteroatoms. The van der Waals surface area contributed by atoms with E-state index in [0.717, 1.165) is 19.3 Å². The molecule has 1 aliphatic rings. The Labute approximate surface area is 100 Å². The Morgan fingerprint density at radius 2 is 2.24 bits per heavy atom. The molecule has 0 bridgehead atoms. The zero-order valence-corrected chi connectivity index (χ0v) is 9.72. The maximum absolute atomic E-state index is 8.96. The summed E-state index contributed by atoms with van der Waals surface area (Å²) < 4.78 is 11.2. The van der Waals surface area contributed by atoms with E-state index in [1.807, 2.05) is 6.07 Å². The fourth-order valence-electron chi connectivity index (χ4n) is 2.09. The number of nitriles is 1. The predicted octanol–water partition coefficient (Wildman–Crippen LogP) is 1.48. The summed E-state index contributed by atoms with van der Waals surface area (Å²) >= 11 is 0. The molecule has 17 heavy (non-hydrogen) atoms. The van der Waals surface area contributed by atoms with E-state index in [0.29, 0.717) is 17.1 Å². The van der Waals surface area contributed by atoms with Crippen molar-refractivity contribution in [2.24, 2.45) is 0 Å². The maximum atomic E-state index is 8.96. The van der Waals surface area contributed by atoms with Gasteiger partial charge in [-0.15, -0.1) is 0 Å². The standard InChI is InChI=1S/C12H15N3O2/c1-16-9-3-2-4-10(9)17-11-5-12(14)15-7-8(11)6-13/h5,7,9-10H,2-4H2,1H3,(H2,14,15)/t9-,10-/m0/s1. The Balaban J connectivity index is 2.18. The summed E-state index contributed by atoms with van der Waals surface area (Å²) in [6.45, 7) is 0. The number of aromatic nitrogens is 1. The summed E-state index contributed by atoms with van der Waals surface area (Å²) in [4.78, 5) is 3.87. The first-order chi connectivity index (χ1) is 8.24. The van der Waals surface area contributed by atoms with E-state index in [1.165, 1.54) is 6.20 Å². The molecule has 1 heterocycles. The number of hydrogen-bond acceptors (Lipinski definition) is 5. The van der Waals surface area contributed by atoms with Crippen LogP contribution in [0.5, 0.6) is 5.75 Å². The molecule has 2 N–H and O–H groups in total. The summed E-state index contributed by atoms with van der Waals surface area (Å²) in [6.07, 6.45) is 4.52. The molecule has 1 fully saturated rings. The van der Waals surface area contributed by atoms with Gasteiger partial charge in [0.05, 0.1) is 12.3 Å². The molecule has 1 saturated carbocycles. The van der Waals surface area contributed by atoms with Crippen LogP contribution in [0.15, 0.2) is 12.3 Å². The van der Waals surface area contributed by atoms with Crippen LogP contribution in [-0.4, -0.2) is 24.3 Å². The van der Waals surface area contributed by atoms with Crippen LogP contribution >= 0.6 is 0 Å². The monoisotopic (exact) mass is 233 g/mol. The lowest BCUT2D eigenvalue weighted by Crippen LogP contribution is -2.28. The van der Waals surface area contributed by atoms with Crippen molar-refractivity contribution in [3.8, 4) is 11.8 Å². The van der Waals surface area contributed by atoms with Crippen molar-refractivity contribution in [2.75, 3.05) is 12.8 Å². The van der Waals surface area contributed by atoms with E-state index in [4.69, 9.17) is 20.5 Å². The Kier molecular flexibility index (Phi) is 3.45. The summed E-state index contributed by atoms with van der Waals surface area (Å²) in [5.41, 5.74) is 6.00. The van der Waals surface area contributed by atoms with Gasteiger partial charge in [-0.05, 0) is 19.3 Å². The highest BCUT2D eigenvalue weighted by molar-refractivity contribution is 5.47. The highest BCUT2D eigenvalue weighted by atomic mass is 16.5. The molecule has 0 aromatic carbocycles. The van der Waals surface area contributed by atoms with E-state index in [2.05, 4.69) is 4.98 Å². The first kappa shape index (κ1) is 11.7. The van der Waals surface area contributed by atoms with E-state index in [-0.39, 0.29) is 12.2 Å². The molecule has 0 saturated heterocycles. The highest BCUT2D eigenvalue weighted by Crippen LogP contribution is 2.28. The minimum Gasteiger partial charge on any atom is -0.486 e. The minimum absolute atomic E-state index is 0.00565. The number of ether oxygens (including phenoxy) is 2. The van der Waals surface area contributed by atoms with Crippen molar-refractivity contribution in [1.29, 1.82) is 5.26 Å². The van der Waals surface area contributed by atoms with Crippen LogP contribution in [0.25, 0.3) is 0 Å². The van der Waals surface area contributed by atoms with Gasteiger partial charge in [0.2, 0.25) is 0 Å². The van der Waals surface area contributed by atoms with Crippen molar-refractivity contribution < 1.29 is 9.47 Å². The third-order valence-electron chi connectivity index (χ3n) is 2.98. The van der Waals surface area contributed by atoms with Gasteiger partial charge in [-0.1, -0.05) is 0 Å².